The number of rotatable bonds is 8. The van der Waals surface area contributed by atoms with E-state index in [0.29, 0.717) is 18.4 Å². The van der Waals surface area contributed by atoms with Crippen molar-refractivity contribution < 1.29 is 22.8 Å². The number of H-pyrrole nitrogens is 1. The van der Waals surface area contributed by atoms with Crippen LogP contribution in [0.5, 0.6) is 0 Å². The molecule has 3 aromatic rings. The first-order chi connectivity index (χ1) is 17.4. The zero-order valence-corrected chi connectivity index (χ0v) is 21.9. The number of para-hydroxylation sites is 1. The van der Waals surface area contributed by atoms with E-state index in [-0.39, 0.29) is 29.6 Å². The van der Waals surface area contributed by atoms with Crippen LogP contribution in [0, 0.1) is 5.92 Å². The number of hydrogen-bond acceptors (Lipinski definition) is 5. The number of benzene rings is 2. The lowest BCUT2D eigenvalue weighted by Crippen LogP contribution is -2.64. The van der Waals surface area contributed by atoms with Crippen molar-refractivity contribution in [2.24, 2.45) is 11.7 Å². The molecule has 10 heteroatoms. The van der Waals surface area contributed by atoms with E-state index in [2.05, 4.69) is 15.6 Å². The number of aromatic amines is 1. The molecule has 1 aliphatic carbocycles. The molecule has 37 heavy (non-hydrogen) atoms. The van der Waals surface area contributed by atoms with Crippen molar-refractivity contribution in [3.8, 4) is 0 Å². The Morgan fingerprint density at radius 2 is 1.76 bits per heavy atom. The highest BCUT2D eigenvalue weighted by molar-refractivity contribution is 7.90. The molecule has 5 N–H and O–H groups in total. The van der Waals surface area contributed by atoms with Crippen LogP contribution in [0.3, 0.4) is 0 Å². The molecule has 1 aliphatic rings. The van der Waals surface area contributed by atoms with Gasteiger partial charge in [0, 0.05) is 29.3 Å². The lowest BCUT2D eigenvalue weighted by atomic mass is 9.78. The summed E-state index contributed by atoms with van der Waals surface area (Å²) in [5.74, 6) is -1.71. The maximum absolute atomic E-state index is 13.7. The summed E-state index contributed by atoms with van der Waals surface area (Å²) >= 11 is 0. The Morgan fingerprint density at radius 1 is 1.08 bits per heavy atom. The van der Waals surface area contributed by atoms with Crippen LogP contribution in [-0.4, -0.2) is 49.0 Å². The van der Waals surface area contributed by atoms with Crippen molar-refractivity contribution in [2.45, 2.75) is 56.0 Å². The van der Waals surface area contributed by atoms with E-state index in [1.807, 2.05) is 24.3 Å². The largest absolute Gasteiger partial charge is 0.368 e. The smallest absolute Gasteiger partial charge is 0.246 e. The number of fused-ring (bicyclic) bond motifs is 3. The number of nitrogens with one attached hydrogen (secondary N) is 3. The van der Waals surface area contributed by atoms with Gasteiger partial charge in [-0.3, -0.25) is 14.4 Å². The van der Waals surface area contributed by atoms with Crippen molar-refractivity contribution in [1.29, 1.82) is 0 Å². The number of carbonyl (C=O) groups excluding carboxylic acids is 3. The van der Waals surface area contributed by atoms with Gasteiger partial charge in [0.2, 0.25) is 17.7 Å². The number of aryl methyl sites for hydroxylation is 1. The minimum Gasteiger partial charge on any atom is -0.368 e. The summed E-state index contributed by atoms with van der Waals surface area (Å²) in [7, 11) is -3.35. The number of nitrogens with two attached hydrogens (primary N) is 1. The van der Waals surface area contributed by atoms with Gasteiger partial charge < -0.3 is 21.4 Å². The first-order valence-corrected chi connectivity index (χ1v) is 14.1. The molecule has 2 atom stereocenters. The van der Waals surface area contributed by atoms with Crippen molar-refractivity contribution in [2.75, 3.05) is 6.26 Å². The molecule has 0 bridgehead atoms. The zero-order chi connectivity index (χ0) is 27.0. The third-order valence-electron chi connectivity index (χ3n) is 6.97. The fourth-order valence-electron chi connectivity index (χ4n) is 4.95. The van der Waals surface area contributed by atoms with Crippen LogP contribution < -0.4 is 16.4 Å². The molecule has 1 heterocycles. The highest BCUT2D eigenvalue weighted by atomic mass is 32.2. The van der Waals surface area contributed by atoms with Crippen LogP contribution in [0.2, 0.25) is 0 Å². The van der Waals surface area contributed by atoms with Gasteiger partial charge in [0.15, 0.2) is 9.84 Å². The van der Waals surface area contributed by atoms with E-state index in [1.165, 1.54) is 12.1 Å². The maximum atomic E-state index is 13.7. The molecular formula is C27H32N4O5S. The second-order valence-electron chi connectivity index (χ2n) is 10.1. The van der Waals surface area contributed by atoms with Crippen molar-refractivity contribution >= 4 is 38.5 Å². The molecule has 0 aliphatic heterocycles. The first kappa shape index (κ1) is 26.4. The highest BCUT2D eigenvalue weighted by Crippen LogP contribution is 2.34. The summed E-state index contributed by atoms with van der Waals surface area (Å²) in [6.45, 7) is 3.58. The Morgan fingerprint density at radius 3 is 2.38 bits per heavy atom. The van der Waals surface area contributed by atoms with E-state index in [0.717, 1.165) is 28.4 Å². The molecule has 1 aromatic heterocycles. The first-order valence-electron chi connectivity index (χ1n) is 12.2. The molecule has 4 rings (SSSR count). The van der Waals surface area contributed by atoms with Crippen LogP contribution >= 0.6 is 0 Å². The molecule has 0 fully saturated rings. The van der Waals surface area contributed by atoms with E-state index in [9.17, 15) is 22.8 Å². The predicted molar refractivity (Wildman–Crippen MR) is 140 cm³/mol. The molecule has 0 saturated carbocycles. The van der Waals surface area contributed by atoms with Gasteiger partial charge in [-0.1, -0.05) is 44.2 Å². The molecule has 0 saturated heterocycles. The number of sulfone groups is 1. The van der Waals surface area contributed by atoms with Gasteiger partial charge in [0.1, 0.15) is 11.6 Å². The minimum absolute atomic E-state index is 0.0385. The third-order valence-corrected chi connectivity index (χ3v) is 8.10. The minimum atomic E-state index is -3.35. The summed E-state index contributed by atoms with van der Waals surface area (Å²) < 4.78 is 23.5. The van der Waals surface area contributed by atoms with Crippen LogP contribution in [0.1, 0.15) is 37.1 Å². The van der Waals surface area contributed by atoms with Gasteiger partial charge in [0.25, 0.3) is 0 Å². The quantitative estimate of drug-likeness (QED) is 0.354. The number of primary amides is 1. The fourth-order valence-corrected chi connectivity index (χ4v) is 5.58. The molecular weight excluding hydrogens is 492 g/mol. The predicted octanol–water partition coefficient (Wildman–Crippen LogP) is 1.78. The molecule has 2 aromatic carbocycles. The van der Waals surface area contributed by atoms with Crippen LogP contribution in [-0.2, 0) is 43.5 Å². The van der Waals surface area contributed by atoms with Gasteiger partial charge >= 0.3 is 0 Å². The topological polar surface area (TPSA) is 151 Å². The maximum Gasteiger partial charge on any atom is 0.246 e. The Kier molecular flexibility index (Phi) is 7.14. The summed E-state index contributed by atoms with van der Waals surface area (Å²) in [6, 6.07) is 13.0. The van der Waals surface area contributed by atoms with Crippen LogP contribution in [0.25, 0.3) is 10.9 Å². The zero-order valence-electron chi connectivity index (χ0n) is 21.1. The Hall–Kier alpha value is -3.66. The molecule has 196 valence electrons. The van der Waals surface area contributed by atoms with Gasteiger partial charge in [-0.15, -0.1) is 0 Å². The number of carbonyl (C=O) groups is 3. The number of aromatic nitrogens is 1. The Balaban J connectivity index is 1.64. The van der Waals surface area contributed by atoms with Gasteiger partial charge in [-0.2, -0.15) is 0 Å². The second-order valence-corrected chi connectivity index (χ2v) is 12.1. The molecule has 0 radical (unpaired) electrons. The average Bonchev–Trinajstić information content (AvgIpc) is 3.19. The molecule has 9 nitrogen and oxygen atoms in total. The summed E-state index contributed by atoms with van der Waals surface area (Å²) in [5, 5.41) is 6.74. The van der Waals surface area contributed by atoms with E-state index < -0.39 is 33.2 Å². The summed E-state index contributed by atoms with van der Waals surface area (Å²) in [5.41, 5.74) is 7.80. The lowest BCUT2D eigenvalue weighted by molar-refractivity contribution is -0.136. The molecule has 0 unspecified atom stereocenters. The van der Waals surface area contributed by atoms with Crippen molar-refractivity contribution in [1.82, 2.24) is 15.6 Å². The van der Waals surface area contributed by atoms with Crippen LogP contribution in [0.15, 0.2) is 53.4 Å². The Labute approximate surface area is 216 Å². The average molecular weight is 525 g/mol. The normalized spacial score (nSPS) is 18.3. The van der Waals surface area contributed by atoms with Crippen molar-refractivity contribution in [3.05, 3.63) is 65.4 Å². The highest BCUT2D eigenvalue weighted by Gasteiger charge is 2.45. The SMILES string of the molecule is CC(C)[C@H](NC(=O)[C@@]1(NC(=O)Cc2ccc(S(C)(=O)=O)cc2)CCc2[nH]c3ccccc3c2C1)C(N)=O. The van der Waals surface area contributed by atoms with Gasteiger partial charge in [-0.05, 0) is 48.1 Å². The van der Waals surface area contributed by atoms with Crippen molar-refractivity contribution in [3.63, 3.8) is 0 Å². The van der Waals surface area contributed by atoms with E-state index in [4.69, 9.17) is 5.73 Å². The third kappa shape index (κ3) is 5.53. The molecule has 0 spiro atoms. The van der Waals surface area contributed by atoms with Gasteiger partial charge in [-0.25, -0.2) is 8.42 Å². The second kappa shape index (κ2) is 10.0. The monoisotopic (exact) mass is 524 g/mol. The van der Waals surface area contributed by atoms with E-state index >= 15 is 0 Å². The standard InChI is InChI=1S/C27H32N4O5S/c1-16(2)24(25(28)33)30-26(34)27(13-12-22-20(15-27)19-6-4-5-7-21(19)29-22)31-23(32)14-17-8-10-18(11-9-17)37(3,35)36/h4-11,16,24,29H,12-15H2,1-3H3,(H2,28,33)(H,30,34)(H,31,32)/t24-,27+/m0/s1. The summed E-state index contributed by atoms with van der Waals surface area (Å²) in [6.07, 6.45) is 2.20. The fraction of sp³-hybridized carbons (Fsp3) is 0.370. The van der Waals surface area contributed by atoms with Gasteiger partial charge in [0.05, 0.1) is 11.3 Å². The number of hydrogen-bond donors (Lipinski definition) is 4. The lowest BCUT2D eigenvalue weighted by Gasteiger charge is -2.38. The Bertz CT molecular complexity index is 1460. The number of amides is 3. The summed E-state index contributed by atoms with van der Waals surface area (Å²) in [4.78, 5) is 42.6. The van der Waals surface area contributed by atoms with Crippen LogP contribution in [0.4, 0.5) is 0 Å². The molecule has 3 amide bonds. The van der Waals surface area contributed by atoms with E-state index in [1.54, 1.807) is 26.0 Å².